The van der Waals surface area contributed by atoms with E-state index in [4.69, 9.17) is 9.84 Å². The van der Waals surface area contributed by atoms with Crippen molar-refractivity contribution in [3.8, 4) is 11.5 Å². The topological polar surface area (TPSA) is 99.7 Å². The second-order valence-corrected chi connectivity index (χ2v) is 9.62. The van der Waals surface area contributed by atoms with Crippen LogP contribution < -0.4 is 20.7 Å². The zero-order chi connectivity index (χ0) is 25.0. The molecule has 0 spiro atoms. The molecule has 0 bridgehead atoms. The number of nitrogens with one attached hydrogen (secondary N) is 3. The van der Waals surface area contributed by atoms with Crippen LogP contribution in [0.1, 0.15) is 29.5 Å². The number of carbonyl (C=O) groups is 2. The molecule has 186 valence electrons. The zero-order valence-corrected chi connectivity index (χ0v) is 20.1. The molecule has 2 aliphatic heterocycles. The molecule has 0 radical (unpaired) electrons. The summed E-state index contributed by atoms with van der Waals surface area (Å²) in [6.07, 6.45) is 1.03. The smallest absolute Gasteiger partial charge is 0.404 e. The van der Waals surface area contributed by atoms with E-state index in [2.05, 4.69) is 40.2 Å². The van der Waals surface area contributed by atoms with Gasteiger partial charge in [0.15, 0.2) is 0 Å². The first-order valence-electron chi connectivity index (χ1n) is 12.4. The van der Waals surface area contributed by atoms with Crippen LogP contribution in [0.5, 0.6) is 11.5 Å². The Morgan fingerprint density at radius 3 is 2.22 bits per heavy atom. The molecule has 7 nitrogen and oxygen atoms in total. The van der Waals surface area contributed by atoms with Crippen LogP contribution in [-0.4, -0.2) is 42.8 Å². The Bertz CT molecular complexity index is 1180. The second-order valence-electron chi connectivity index (χ2n) is 9.62. The molecule has 0 aromatic heterocycles. The second kappa shape index (κ2) is 10.4. The Kier molecular flexibility index (Phi) is 6.91. The molecular formula is C29H31N3O4. The predicted molar refractivity (Wildman–Crippen MR) is 137 cm³/mol. The maximum Gasteiger partial charge on any atom is 0.404 e. The highest BCUT2D eigenvalue weighted by Gasteiger charge is 2.42. The minimum Gasteiger partial charge on any atom is -0.465 e. The first kappa shape index (κ1) is 23.9. The number of hydrogen-bond acceptors (Lipinski definition) is 4. The van der Waals surface area contributed by atoms with E-state index in [-0.39, 0.29) is 17.9 Å². The third-order valence-corrected chi connectivity index (χ3v) is 7.32. The van der Waals surface area contributed by atoms with Gasteiger partial charge in [0.25, 0.3) is 0 Å². The van der Waals surface area contributed by atoms with Crippen molar-refractivity contribution in [2.45, 2.75) is 30.7 Å². The van der Waals surface area contributed by atoms with E-state index in [1.165, 1.54) is 5.56 Å². The van der Waals surface area contributed by atoms with Crippen molar-refractivity contribution in [1.82, 2.24) is 16.0 Å². The summed E-state index contributed by atoms with van der Waals surface area (Å²) in [5.41, 5.74) is 2.89. The summed E-state index contributed by atoms with van der Waals surface area (Å²) in [7, 11) is 0. The average Bonchev–Trinajstić information content (AvgIpc) is 2.90. The van der Waals surface area contributed by atoms with Crippen LogP contribution in [-0.2, 0) is 16.6 Å². The van der Waals surface area contributed by atoms with E-state index in [1.54, 1.807) is 0 Å². The van der Waals surface area contributed by atoms with Gasteiger partial charge in [-0.2, -0.15) is 0 Å². The maximum atomic E-state index is 13.4. The molecule has 2 aliphatic rings. The van der Waals surface area contributed by atoms with Crippen molar-refractivity contribution >= 4 is 12.0 Å². The number of para-hydroxylation sites is 2. The number of rotatable bonds is 7. The van der Waals surface area contributed by atoms with E-state index >= 15 is 0 Å². The fourth-order valence-electron chi connectivity index (χ4n) is 5.52. The molecule has 3 aromatic rings. The molecule has 4 N–H and O–H groups in total. The molecule has 0 saturated carbocycles. The number of aryl methyl sites for hydroxylation is 1. The minimum atomic E-state index is -1.07. The van der Waals surface area contributed by atoms with Crippen LogP contribution in [0.3, 0.4) is 0 Å². The normalized spacial score (nSPS) is 19.8. The third-order valence-electron chi connectivity index (χ3n) is 7.32. The van der Waals surface area contributed by atoms with Crippen molar-refractivity contribution in [3.05, 3.63) is 95.6 Å². The van der Waals surface area contributed by atoms with Crippen molar-refractivity contribution in [2.75, 3.05) is 19.6 Å². The van der Waals surface area contributed by atoms with Crippen LogP contribution in [0.15, 0.2) is 78.9 Å². The van der Waals surface area contributed by atoms with Crippen molar-refractivity contribution in [2.24, 2.45) is 5.92 Å². The van der Waals surface area contributed by atoms with Gasteiger partial charge >= 0.3 is 6.09 Å². The number of amides is 2. The third kappa shape index (κ3) is 4.93. The molecule has 3 aromatic carbocycles. The van der Waals surface area contributed by atoms with Gasteiger partial charge in [-0.15, -0.1) is 0 Å². The Hall–Kier alpha value is -3.84. The SMILES string of the molecule is O=C(O)N[C@H]1CNC[C@@H](C(=O)NCC2(CCc3ccccc3)c3ccccc3Oc3ccccc32)C1. The Morgan fingerprint density at radius 1 is 0.917 bits per heavy atom. The molecule has 7 heteroatoms. The molecular weight excluding hydrogens is 454 g/mol. The van der Waals surface area contributed by atoms with Gasteiger partial charge in [0, 0.05) is 42.2 Å². The van der Waals surface area contributed by atoms with Crippen molar-refractivity contribution < 1.29 is 19.4 Å². The molecule has 1 fully saturated rings. The van der Waals surface area contributed by atoms with Crippen LogP contribution in [0.25, 0.3) is 0 Å². The van der Waals surface area contributed by atoms with Gasteiger partial charge < -0.3 is 25.8 Å². The molecule has 1 saturated heterocycles. The lowest BCUT2D eigenvalue weighted by molar-refractivity contribution is -0.126. The van der Waals surface area contributed by atoms with Gasteiger partial charge in [0.05, 0.1) is 5.92 Å². The van der Waals surface area contributed by atoms with Gasteiger partial charge in [0.2, 0.25) is 5.91 Å². The largest absolute Gasteiger partial charge is 0.465 e. The lowest BCUT2D eigenvalue weighted by Gasteiger charge is -2.41. The van der Waals surface area contributed by atoms with Gasteiger partial charge in [-0.3, -0.25) is 4.79 Å². The van der Waals surface area contributed by atoms with E-state index in [0.717, 1.165) is 35.5 Å². The summed E-state index contributed by atoms with van der Waals surface area (Å²) in [5.74, 6) is 1.24. The van der Waals surface area contributed by atoms with Crippen LogP contribution >= 0.6 is 0 Å². The van der Waals surface area contributed by atoms with E-state index in [1.807, 2.05) is 54.6 Å². The standard InChI is InChI=1S/C29H31N3O4/c33-27(21-16-22(18-30-17-21)32-28(34)35)31-19-29(15-14-20-8-2-1-3-9-20)23-10-4-6-12-25(23)36-26-13-7-5-11-24(26)29/h1-13,21-22,30,32H,14-19H2,(H,31,33)(H,34,35)/t21-,22+/m0/s1. The molecule has 2 heterocycles. The fraction of sp³-hybridized carbons (Fsp3) is 0.310. The summed E-state index contributed by atoms with van der Waals surface area (Å²) < 4.78 is 6.27. The van der Waals surface area contributed by atoms with E-state index < -0.39 is 11.5 Å². The zero-order valence-electron chi connectivity index (χ0n) is 20.1. The first-order valence-corrected chi connectivity index (χ1v) is 12.4. The molecule has 0 aliphatic carbocycles. The number of carboxylic acid groups (broad SMARTS) is 1. The number of carbonyl (C=O) groups excluding carboxylic acids is 1. The monoisotopic (exact) mass is 485 g/mol. The Balaban J connectivity index is 1.44. The number of piperidine rings is 1. The molecule has 2 amide bonds. The first-order chi connectivity index (χ1) is 17.5. The van der Waals surface area contributed by atoms with Gasteiger partial charge in [0.1, 0.15) is 11.5 Å². The quantitative estimate of drug-likeness (QED) is 0.404. The number of benzene rings is 3. The maximum absolute atomic E-state index is 13.4. The lowest BCUT2D eigenvalue weighted by atomic mass is 9.68. The highest BCUT2D eigenvalue weighted by molar-refractivity contribution is 5.79. The van der Waals surface area contributed by atoms with Crippen molar-refractivity contribution in [3.63, 3.8) is 0 Å². The number of hydrogen-bond donors (Lipinski definition) is 4. The predicted octanol–water partition coefficient (Wildman–Crippen LogP) is 4.07. The molecule has 36 heavy (non-hydrogen) atoms. The molecule has 2 atom stereocenters. The van der Waals surface area contributed by atoms with Gasteiger partial charge in [-0.05, 0) is 37.0 Å². The summed E-state index contributed by atoms with van der Waals surface area (Å²) in [6, 6.07) is 26.2. The Labute approximate surface area is 210 Å². The highest BCUT2D eigenvalue weighted by Crippen LogP contribution is 2.50. The van der Waals surface area contributed by atoms with E-state index in [9.17, 15) is 9.59 Å². The molecule has 5 rings (SSSR count). The Morgan fingerprint density at radius 2 is 1.56 bits per heavy atom. The van der Waals surface area contributed by atoms with Crippen LogP contribution in [0.2, 0.25) is 0 Å². The number of fused-ring (bicyclic) bond motifs is 2. The lowest BCUT2D eigenvalue weighted by Crippen LogP contribution is -2.53. The van der Waals surface area contributed by atoms with Crippen LogP contribution in [0.4, 0.5) is 4.79 Å². The van der Waals surface area contributed by atoms with E-state index in [0.29, 0.717) is 26.1 Å². The summed E-state index contributed by atoms with van der Waals surface area (Å²) >= 11 is 0. The van der Waals surface area contributed by atoms with Gasteiger partial charge in [-0.1, -0.05) is 66.7 Å². The minimum absolute atomic E-state index is 0.0695. The number of ether oxygens (including phenoxy) is 1. The van der Waals surface area contributed by atoms with Crippen LogP contribution in [0, 0.1) is 5.92 Å². The van der Waals surface area contributed by atoms with Crippen molar-refractivity contribution in [1.29, 1.82) is 0 Å². The highest BCUT2D eigenvalue weighted by atomic mass is 16.5. The fourth-order valence-corrected chi connectivity index (χ4v) is 5.52. The summed E-state index contributed by atoms with van der Waals surface area (Å²) in [6.45, 7) is 1.47. The summed E-state index contributed by atoms with van der Waals surface area (Å²) in [5, 5.41) is 18.0. The summed E-state index contributed by atoms with van der Waals surface area (Å²) in [4.78, 5) is 24.4. The van der Waals surface area contributed by atoms with Gasteiger partial charge in [-0.25, -0.2) is 4.79 Å². The molecule has 0 unspecified atom stereocenters. The average molecular weight is 486 g/mol.